The number of fused-ring (bicyclic) bond motifs is 1. The molecule has 0 bridgehead atoms. The van der Waals surface area contributed by atoms with Gasteiger partial charge in [-0.2, -0.15) is 0 Å². The van der Waals surface area contributed by atoms with Crippen molar-refractivity contribution < 1.29 is 14.4 Å². The van der Waals surface area contributed by atoms with E-state index in [2.05, 4.69) is 5.32 Å². The smallest absolute Gasteiger partial charge is 0.254 e. The van der Waals surface area contributed by atoms with Crippen molar-refractivity contribution >= 4 is 41.5 Å². The zero-order valence-electron chi connectivity index (χ0n) is 16.4. The fourth-order valence-corrected chi connectivity index (χ4v) is 3.32. The molecule has 3 amide bonds. The predicted octanol–water partition coefficient (Wildman–Crippen LogP) is 2.40. The number of hydrogen-bond acceptors (Lipinski definition) is 4. The lowest BCUT2D eigenvalue weighted by molar-refractivity contribution is -0.119. The van der Waals surface area contributed by atoms with E-state index in [-0.39, 0.29) is 49.1 Å². The minimum absolute atomic E-state index is 0. The zero-order valence-corrected chi connectivity index (χ0v) is 17.2. The molecule has 1 atom stereocenters. The van der Waals surface area contributed by atoms with Crippen LogP contribution >= 0.6 is 12.4 Å². The molecule has 3 N–H and O–H groups in total. The Hall–Kier alpha value is -2.90. The Kier molecular flexibility index (Phi) is 7.36. The maximum Gasteiger partial charge on any atom is 0.254 e. The number of halogens is 1. The molecule has 1 aliphatic heterocycles. The first kappa shape index (κ1) is 22.4. The van der Waals surface area contributed by atoms with Crippen LogP contribution in [0.2, 0.25) is 0 Å². The molecule has 0 spiro atoms. The van der Waals surface area contributed by atoms with E-state index in [0.717, 1.165) is 5.56 Å². The number of rotatable bonds is 4. The van der Waals surface area contributed by atoms with Crippen molar-refractivity contribution in [1.29, 1.82) is 0 Å². The summed E-state index contributed by atoms with van der Waals surface area (Å²) >= 11 is 0. The molecule has 0 fully saturated rings. The third kappa shape index (κ3) is 4.93. The molecule has 3 rings (SSSR count). The summed E-state index contributed by atoms with van der Waals surface area (Å²) in [5.74, 6) is -0.632. The topological polar surface area (TPSA) is 95.7 Å². The first-order valence-corrected chi connectivity index (χ1v) is 9.16. The van der Waals surface area contributed by atoms with Crippen molar-refractivity contribution in [2.75, 3.05) is 23.8 Å². The molecule has 0 aliphatic carbocycles. The number of nitrogens with zero attached hydrogens (tertiary/aromatic N) is 2. The van der Waals surface area contributed by atoms with E-state index in [9.17, 15) is 14.4 Å². The van der Waals surface area contributed by atoms with Gasteiger partial charge in [-0.3, -0.25) is 14.4 Å². The van der Waals surface area contributed by atoms with E-state index in [4.69, 9.17) is 5.73 Å². The Morgan fingerprint density at radius 2 is 1.83 bits per heavy atom. The number of carbonyl (C=O) groups is 3. The molecule has 1 heterocycles. The molecule has 1 aliphatic rings. The van der Waals surface area contributed by atoms with E-state index in [1.54, 1.807) is 54.4 Å². The summed E-state index contributed by atoms with van der Waals surface area (Å²) in [5, 5.41) is 2.83. The first-order valence-electron chi connectivity index (χ1n) is 9.16. The number of para-hydroxylation sites is 2. The molecule has 8 heteroatoms. The average molecular weight is 417 g/mol. The van der Waals surface area contributed by atoms with Crippen molar-refractivity contribution in [2.45, 2.75) is 25.9 Å². The maximum atomic E-state index is 13.1. The first-order chi connectivity index (χ1) is 13.4. The van der Waals surface area contributed by atoms with Gasteiger partial charge in [0, 0.05) is 31.6 Å². The summed E-state index contributed by atoms with van der Waals surface area (Å²) in [4.78, 5) is 40.8. The van der Waals surface area contributed by atoms with Crippen LogP contribution in [0.25, 0.3) is 0 Å². The van der Waals surface area contributed by atoms with Crippen LogP contribution in [0.5, 0.6) is 0 Å². The molecule has 2 aromatic rings. The van der Waals surface area contributed by atoms with Crippen LogP contribution < -0.4 is 16.0 Å². The third-order valence-electron chi connectivity index (χ3n) is 4.78. The van der Waals surface area contributed by atoms with E-state index >= 15 is 0 Å². The lowest BCUT2D eigenvalue weighted by Crippen LogP contribution is -2.45. The van der Waals surface area contributed by atoms with Crippen molar-refractivity contribution in [1.82, 2.24) is 4.90 Å². The van der Waals surface area contributed by atoms with Crippen LogP contribution in [0.1, 0.15) is 29.3 Å². The number of nitrogens with two attached hydrogens (primary N) is 1. The van der Waals surface area contributed by atoms with Crippen molar-refractivity contribution in [3.63, 3.8) is 0 Å². The van der Waals surface area contributed by atoms with Gasteiger partial charge in [0.2, 0.25) is 11.8 Å². The number of likely N-dealkylation sites (N-methyl/N-ethyl adjacent to an activating group) is 1. The van der Waals surface area contributed by atoms with Gasteiger partial charge >= 0.3 is 0 Å². The summed E-state index contributed by atoms with van der Waals surface area (Å²) in [6, 6.07) is 13.9. The summed E-state index contributed by atoms with van der Waals surface area (Å²) in [6.07, 6.45) is 0.193. The van der Waals surface area contributed by atoms with Gasteiger partial charge in [0.25, 0.3) is 5.91 Å². The molecule has 0 saturated carbocycles. The highest BCUT2D eigenvalue weighted by Crippen LogP contribution is 2.31. The molecule has 0 aromatic heterocycles. The van der Waals surface area contributed by atoms with Crippen molar-refractivity contribution in [3.8, 4) is 0 Å². The number of benzene rings is 2. The molecule has 0 saturated heterocycles. The number of hydrogen-bond donors (Lipinski definition) is 2. The third-order valence-corrected chi connectivity index (χ3v) is 4.78. The Balaban J connectivity index is 0.00000300. The largest absolute Gasteiger partial charge is 0.332 e. The van der Waals surface area contributed by atoms with E-state index in [1.165, 1.54) is 4.90 Å². The number of amides is 3. The minimum atomic E-state index is -0.316. The van der Waals surface area contributed by atoms with Gasteiger partial charge in [0.1, 0.15) is 6.54 Å². The van der Waals surface area contributed by atoms with Gasteiger partial charge < -0.3 is 20.9 Å². The Bertz CT molecular complexity index is 901. The Morgan fingerprint density at radius 1 is 1.17 bits per heavy atom. The second-order valence-electron chi connectivity index (χ2n) is 6.94. The summed E-state index contributed by atoms with van der Waals surface area (Å²) < 4.78 is 0. The highest BCUT2D eigenvalue weighted by Gasteiger charge is 2.30. The van der Waals surface area contributed by atoms with Crippen molar-refractivity contribution in [3.05, 3.63) is 59.7 Å². The van der Waals surface area contributed by atoms with E-state index < -0.39 is 0 Å². The monoisotopic (exact) mass is 416 g/mol. The van der Waals surface area contributed by atoms with Gasteiger partial charge in [-0.25, -0.2) is 0 Å². The predicted molar refractivity (Wildman–Crippen MR) is 115 cm³/mol. The van der Waals surface area contributed by atoms with Gasteiger partial charge in [0.05, 0.1) is 11.4 Å². The number of anilines is 2. The highest BCUT2D eigenvalue weighted by molar-refractivity contribution is 6.06. The Morgan fingerprint density at radius 3 is 2.48 bits per heavy atom. The summed E-state index contributed by atoms with van der Waals surface area (Å²) in [7, 11) is 1.59. The summed E-state index contributed by atoms with van der Waals surface area (Å²) in [5.41, 5.74) is 8.24. The van der Waals surface area contributed by atoms with E-state index in [0.29, 0.717) is 23.5 Å². The van der Waals surface area contributed by atoms with Crippen LogP contribution in [0, 0.1) is 0 Å². The van der Waals surface area contributed by atoms with E-state index in [1.807, 2.05) is 13.0 Å². The average Bonchev–Trinajstić information content (AvgIpc) is 2.81. The van der Waals surface area contributed by atoms with Crippen molar-refractivity contribution in [2.24, 2.45) is 5.73 Å². The van der Waals surface area contributed by atoms with Gasteiger partial charge in [-0.05, 0) is 36.8 Å². The molecule has 7 nitrogen and oxygen atoms in total. The summed E-state index contributed by atoms with van der Waals surface area (Å²) in [6.45, 7) is 2.14. The molecule has 29 heavy (non-hydrogen) atoms. The van der Waals surface area contributed by atoms with Gasteiger partial charge in [-0.1, -0.05) is 24.3 Å². The minimum Gasteiger partial charge on any atom is -0.332 e. The molecule has 0 radical (unpaired) electrons. The molecular formula is C21H25ClN4O3. The normalized spacial score (nSPS) is 15.5. The SMILES string of the molecule is CC1CC(=O)Nc2ccccc2N1C(=O)CN(C)C(=O)c1ccc(CN)cc1.Cl. The second kappa shape index (κ2) is 9.54. The lowest BCUT2D eigenvalue weighted by atomic mass is 10.1. The Labute approximate surface area is 176 Å². The van der Waals surface area contributed by atoms with Crippen LogP contribution in [0.3, 0.4) is 0 Å². The zero-order chi connectivity index (χ0) is 20.3. The molecule has 1 unspecified atom stereocenters. The second-order valence-corrected chi connectivity index (χ2v) is 6.94. The standard InChI is InChI=1S/C21H24N4O3.ClH/c1-14-11-19(26)23-17-5-3-4-6-18(17)25(14)20(27)13-24(2)21(28)16-9-7-15(12-22)8-10-16;/h3-10,14H,11-13,22H2,1-2H3,(H,23,26);1H. The quantitative estimate of drug-likeness (QED) is 0.799. The maximum absolute atomic E-state index is 13.1. The molecule has 154 valence electrons. The fourth-order valence-electron chi connectivity index (χ4n) is 3.32. The van der Waals surface area contributed by atoms with Crippen LogP contribution in [0.4, 0.5) is 11.4 Å². The number of carbonyl (C=O) groups excluding carboxylic acids is 3. The van der Waals surface area contributed by atoms with Crippen LogP contribution in [-0.4, -0.2) is 42.3 Å². The molecular weight excluding hydrogens is 392 g/mol. The van der Waals surface area contributed by atoms with Crippen LogP contribution in [0.15, 0.2) is 48.5 Å². The lowest BCUT2D eigenvalue weighted by Gasteiger charge is -2.29. The van der Waals surface area contributed by atoms with Gasteiger partial charge in [-0.15, -0.1) is 12.4 Å². The highest BCUT2D eigenvalue weighted by atomic mass is 35.5. The van der Waals surface area contributed by atoms with Gasteiger partial charge in [0.15, 0.2) is 0 Å². The van der Waals surface area contributed by atoms with Crippen LogP contribution in [-0.2, 0) is 16.1 Å². The fraction of sp³-hybridized carbons (Fsp3) is 0.286. The number of nitrogens with one attached hydrogen (secondary N) is 1. The molecule has 2 aromatic carbocycles.